The van der Waals surface area contributed by atoms with Crippen molar-refractivity contribution in [2.24, 2.45) is 5.92 Å². The first-order chi connectivity index (χ1) is 10.9. The third-order valence-electron chi connectivity index (χ3n) is 3.33. The molecule has 0 atom stereocenters. The van der Waals surface area contributed by atoms with Gasteiger partial charge in [-0.15, -0.1) is 0 Å². The lowest BCUT2D eigenvalue weighted by Gasteiger charge is -2.39. The minimum atomic E-state index is -0.472. The van der Waals surface area contributed by atoms with Crippen LogP contribution in [0.2, 0.25) is 0 Å². The Balaban J connectivity index is 1.51. The molecule has 0 bridgehead atoms. The van der Waals surface area contributed by atoms with Gasteiger partial charge in [-0.25, -0.2) is 9.78 Å². The minimum absolute atomic E-state index is 0.278. The van der Waals surface area contributed by atoms with E-state index in [-0.39, 0.29) is 6.09 Å². The van der Waals surface area contributed by atoms with Crippen LogP contribution in [0.5, 0.6) is 0 Å². The fourth-order valence-corrected chi connectivity index (χ4v) is 2.28. The zero-order valence-electron chi connectivity index (χ0n) is 13.4. The van der Waals surface area contributed by atoms with E-state index in [4.69, 9.17) is 9.26 Å². The topological polar surface area (TPSA) is 94.2 Å². The molecule has 0 aromatic carbocycles. The second kappa shape index (κ2) is 5.94. The second-order valence-electron chi connectivity index (χ2n) is 6.56. The molecule has 0 unspecified atom stereocenters. The Morgan fingerprint density at radius 3 is 2.83 bits per heavy atom. The maximum Gasteiger partial charge on any atom is 0.410 e. The molecule has 0 radical (unpaired) electrons. The van der Waals surface area contributed by atoms with Gasteiger partial charge in [0.2, 0.25) is 11.7 Å². The van der Waals surface area contributed by atoms with Crippen LogP contribution in [0.4, 0.5) is 4.79 Å². The van der Waals surface area contributed by atoms with Gasteiger partial charge in [-0.2, -0.15) is 4.98 Å². The van der Waals surface area contributed by atoms with Crippen LogP contribution >= 0.6 is 0 Å². The molecule has 0 saturated carbocycles. The van der Waals surface area contributed by atoms with Gasteiger partial charge in [-0.1, -0.05) is 5.16 Å². The van der Waals surface area contributed by atoms with Gasteiger partial charge in [0.15, 0.2) is 0 Å². The third-order valence-corrected chi connectivity index (χ3v) is 3.33. The van der Waals surface area contributed by atoms with E-state index in [0.29, 0.717) is 42.8 Å². The number of aromatic nitrogens is 4. The number of rotatable bonds is 3. The van der Waals surface area contributed by atoms with Crippen molar-refractivity contribution in [1.82, 2.24) is 25.0 Å². The Hall–Kier alpha value is -2.51. The molecule has 2 aromatic heterocycles. The van der Waals surface area contributed by atoms with Crippen molar-refractivity contribution in [2.45, 2.75) is 32.8 Å². The van der Waals surface area contributed by atoms with Crippen molar-refractivity contribution in [3.8, 4) is 11.5 Å². The van der Waals surface area contributed by atoms with E-state index in [1.807, 2.05) is 20.8 Å². The van der Waals surface area contributed by atoms with Gasteiger partial charge < -0.3 is 14.2 Å². The quantitative estimate of drug-likeness (QED) is 0.853. The van der Waals surface area contributed by atoms with Crippen LogP contribution in [0.1, 0.15) is 26.7 Å². The average Bonchev–Trinajstić information content (AvgIpc) is 2.90. The summed E-state index contributed by atoms with van der Waals surface area (Å²) in [5, 5.41) is 3.91. The summed E-state index contributed by atoms with van der Waals surface area (Å²) in [5.74, 6) is 1.27. The lowest BCUT2D eigenvalue weighted by atomic mass is 9.97. The zero-order chi connectivity index (χ0) is 16.4. The summed E-state index contributed by atoms with van der Waals surface area (Å²) >= 11 is 0. The van der Waals surface area contributed by atoms with Crippen LogP contribution < -0.4 is 0 Å². The summed E-state index contributed by atoms with van der Waals surface area (Å²) in [7, 11) is 0. The Morgan fingerprint density at radius 1 is 1.39 bits per heavy atom. The summed E-state index contributed by atoms with van der Waals surface area (Å²) in [6.07, 6.45) is 5.11. The van der Waals surface area contributed by atoms with Gasteiger partial charge >= 0.3 is 6.09 Å². The van der Waals surface area contributed by atoms with Gasteiger partial charge in [-0.3, -0.25) is 4.98 Å². The van der Waals surface area contributed by atoms with Gasteiger partial charge in [-0.05, 0) is 20.8 Å². The van der Waals surface area contributed by atoms with Gasteiger partial charge in [0.25, 0.3) is 0 Å². The lowest BCUT2D eigenvalue weighted by molar-refractivity contribution is -0.00186. The maximum atomic E-state index is 11.9. The summed E-state index contributed by atoms with van der Waals surface area (Å²) in [4.78, 5) is 26.0. The molecule has 2 aromatic rings. The monoisotopic (exact) mass is 317 g/mol. The Kier molecular flexibility index (Phi) is 3.97. The molecule has 3 rings (SSSR count). The van der Waals surface area contributed by atoms with Crippen LogP contribution in [0.3, 0.4) is 0 Å². The normalized spacial score (nSPS) is 15.3. The van der Waals surface area contributed by atoms with Crippen molar-refractivity contribution in [1.29, 1.82) is 0 Å². The molecule has 23 heavy (non-hydrogen) atoms. The van der Waals surface area contributed by atoms with Gasteiger partial charge in [0, 0.05) is 37.8 Å². The highest BCUT2D eigenvalue weighted by Crippen LogP contribution is 2.23. The number of nitrogens with zero attached hydrogens (tertiary/aromatic N) is 5. The molecule has 0 spiro atoms. The molecule has 1 saturated heterocycles. The highest BCUT2D eigenvalue weighted by Gasteiger charge is 2.34. The number of ether oxygens (including phenoxy) is 1. The van der Waals surface area contributed by atoms with E-state index in [2.05, 4.69) is 20.1 Å². The highest BCUT2D eigenvalue weighted by molar-refractivity contribution is 5.69. The molecule has 8 heteroatoms. The highest BCUT2D eigenvalue weighted by atomic mass is 16.6. The predicted molar refractivity (Wildman–Crippen MR) is 80.3 cm³/mol. The SMILES string of the molecule is CC(C)(C)OC(=O)N1CC(Cc2nc(-c3cnccn3)no2)C1. The summed E-state index contributed by atoms with van der Waals surface area (Å²) < 4.78 is 10.6. The summed E-state index contributed by atoms with van der Waals surface area (Å²) in [5.41, 5.74) is 0.104. The van der Waals surface area contributed by atoms with E-state index in [1.165, 1.54) is 0 Å². The molecule has 3 heterocycles. The first-order valence-corrected chi connectivity index (χ1v) is 7.47. The van der Waals surface area contributed by atoms with Crippen LogP contribution in [0.25, 0.3) is 11.5 Å². The third kappa shape index (κ3) is 3.82. The molecular formula is C15H19N5O3. The fourth-order valence-electron chi connectivity index (χ4n) is 2.28. The minimum Gasteiger partial charge on any atom is -0.444 e. The number of carbonyl (C=O) groups excluding carboxylic acids is 1. The Bertz CT molecular complexity index is 674. The first kappa shape index (κ1) is 15.4. The van der Waals surface area contributed by atoms with E-state index in [9.17, 15) is 4.79 Å². The molecule has 8 nitrogen and oxygen atoms in total. The fraction of sp³-hybridized carbons (Fsp3) is 0.533. The summed E-state index contributed by atoms with van der Waals surface area (Å²) in [6, 6.07) is 0. The number of hydrogen-bond acceptors (Lipinski definition) is 7. The standard InChI is InChI=1S/C15H19N5O3/c1-15(2,3)22-14(21)20-8-10(9-20)6-12-18-13(19-23-12)11-7-16-4-5-17-11/h4-5,7,10H,6,8-9H2,1-3H3. The van der Waals surface area contributed by atoms with Crippen LogP contribution in [0, 0.1) is 5.92 Å². The van der Waals surface area contributed by atoms with Crippen molar-refractivity contribution in [2.75, 3.05) is 13.1 Å². The predicted octanol–water partition coefficient (Wildman–Crippen LogP) is 1.94. The lowest BCUT2D eigenvalue weighted by Crippen LogP contribution is -2.52. The smallest absolute Gasteiger partial charge is 0.410 e. The Morgan fingerprint density at radius 2 is 2.17 bits per heavy atom. The van der Waals surface area contributed by atoms with Crippen molar-refractivity contribution in [3.05, 3.63) is 24.5 Å². The number of amides is 1. The van der Waals surface area contributed by atoms with E-state index in [0.717, 1.165) is 0 Å². The van der Waals surface area contributed by atoms with E-state index in [1.54, 1.807) is 23.5 Å². The molecule has 0 N–H and O–H groups in total. The van der Waals surface area contributed by atoms with E-state index >= 15 is 0 Å². The van der Waals surface area contributed by atoms with Crippen molar-refractivity contribution >= 4 is 6.09 Å². The largest absolute Gasteiger partial charge is 0.444 e. The van der Waals surface area contributed by atoms with Crippen LogP contribution in [0.15, 0.2) is 23.1 Å². The maximum absolute atomic E-state index is 11.9. The number of carbonyl (C=O) groups is 1. The van der Waals surface area contributed by atoms with E-state index < -0.39 is 5.60 Å². The average molecular weight is 317 g/mol. The molecular weight excluding hydrogens is 298 g/mol. The molecule has 122 valence electrons. The van der Waals surface area contributed by atoms with Gasteiger partial charge in [0.05, 0.1) is 6.20 Å². The molecule has 1 aliphatic rings. The van der Waals surface area contributed by atoms with Gasteiger partial charge in [0.1, 0.15) is 11.3 Å². The summed E-state index contributed by atoms with van der Waals surface area (Å²) in [6.45, 7) is 6.84. The van der Waals surface area contributed by atoms with Crippen molar-refractivity contribution < 1.29 is 14.1 Å². The Labute approximate surface area is 133 Å². The molecule has 1 aliphatic heterocycles. The number of likely N-dealkylation sites (tertiary alicyclic amines) is 1. The zero-order valence-corrected chi connectivity index (χ0v) is 13.4. The molecule has 1 amide bonds. The van der Waals surface area contributed by atoms with Crippen LogP contribution in [-0.4, -0.2) is 49.8 Å². The first-order valence-electron chi connectivity index (χ1n) is 7.47. The molecule has 0 aliphatic carbocycles. The van der Waals surface area contributed by atoms with Crippen molar-refractivity contribution in [3.63, 3.8) is 0 Å². The number of hydrogen-bond donors (Lipinski definition) is 0. The van der Waals surface area contributed by atoms with Crippen LogP contribution in [-0.2, 0) is 11.2 Å². The second-order valence-corrected chi connectivity index (χ2v) is 6.56. The molecule has 1 fully saturated rings.